The van der Waals surface area contributed by atoms with E-state index >= 15 is 0 Å². The fourth-order valence-corrected chi connectivity index (χ4v) is 3.94. The first kappa shape index (κ1) is 24.3. The van der Waals surface area contributed by atoms with Gasteiger partial charge in [0.05, 0.1) is 24.6 Å². The summed E-state index contributed by atoms with van der Waals surface area (Å²) >= 11 is 6.07. The molecular weight excluding hydrogens is 466 g/mol. The lowest BCUT2D eigenvalue weighted by Gasteiger charge is -2.22. The highest BCUT2D eigenvalue weighted by Gasteiger charge is 2.19. The van der Waals surface area contributed by atoms with Gasteiger partial charge in [0.1, 0.15) is 12.4 Å². The normalized spacial score (nSPS) is 10.8. The topological polar surface area (TPSA) is 84.5 Å². The zero-order valence-corrected chi connectivity index (χ0v) is 20.3. The standard InChI is InChI=1S/C27H26ClN3O4/c1-3-13-31(16-25-29-22-15-20(28)10-11-21(22)26(32)30-25)27(33)19-9-12-23(24(14-19)34-2)35-17-18-7-5-4-6-8-18/h4-12,14-15H,3,13,16-17H2,1-2H3,(H,29,30,32). The van der Waals surface area contributed by atoms with Crippen LogP contribution in [-0.4, -0.2) is 34.4 Å². The summed E-state index contributed by atoms with van der Waals surface area (Å²) in [5.74, 6) is 1.21. The summed E-state index contributed by atoms with van der Waals surface area (Å²) in [6.45, 7) is 3.01. The van der Waals surface area contributed by atoms with Gasteiger partial charge >= 0.3 is 0 Å². The van der Waals surface area contributed by atoms with Gasteiger partial charge in [-0.05, 0) is 48.4 Å². The fraction of sp³-hybridized carbons (Fsp3) is 0.222. The second-order valence-corrected chi connectivity index (χ2v) is 8.48. The van der Waals surface area contributed by atoms with Crippen LogP contribution in [0.25, 0.3) is 10.9 Å². The predicted octanol–water partition coefficient (Wildman–Crippen LogP) is 5.22. The van der Waals surface area contributed by atoms with Crippen LogP contribution in [0.3, 0.4) is 0 Å². The smallest absolute Gasteiger partial charge is 0.258 e. The number of fused-ring (bicyclic) bond motifs is 1. The van der Waals surface area contributed by atoms with Crippen LogP contribution in [0.4, 0.5) is 0 Å². The van der Waals surface area contributed by atoms with Gasteiger partial charge in [0.25, 0.3) is 11.5 Å². The van der Waals surface area contributed by atoms with Gasteiger partial charge in [0.2, 0.25) is 0 Å². The number of nitrogens with zero attached hydrogens (tertiary/aromatic N) is 2. The average molecular weight is 492 g/mol. The number of hydrogen-bond donors (Lipinski definition) is 1. The first-order valence-corrected chi connectivity index (χ1v) is 11.7. The van der Waals surface area contributed by atoms with Gasteiger partial charge in [-0.1, -0.05) is 48.9 Å². The second-order valence-electron chi connectivity index (χ2n) is 8.04. The number of methoxy groups -OCH3 is 1. The summed E-state index contributed by atoms with van der Waals surface area (Å²) in [5.41, 5.74) is 1.70. The van der Waals surface area contributed by atoms with E-state index in [-0.39, 0.29) is 18.0 Å². The number of rotatable bonds is 9. The van der Waals surface area contributed by atoms with Crippen LogP contribution in [0.15, 0.2) is 71.5 Å². The van der Waals surface area contributed by atoms with Crippen molar-refractivity contribution in [2.24, 2.45) is 0 Å². The van der Waals surface area contributed by atoms with Crippen molar-refractivity contribution in [2.45, 2.75) is 26.5 Å². The number of H-pyrrole nitrogens is 1. The molecule has 4 rings (SSSR count). The highest BCUT2D eigenvalue weighted by Crippen LogP contribution is 2.29. The quantitative estimate of drug-likeness (QED) is 0.347. The number of amides is 1. The Hall–Kier alpha value is -3.84. The average Bonchev–Trinajstić information content (AvgIpc) is 2.87. The number of nitrogens with one attached hydrogen (secondary N) is 1. The van der Waals surface area contributed by atoms with Crippen molar-refractivity contribution in [3.05, 3.63) is 99.1 Å². The highest BCUT2D eigenvalue weighted by molar-refractivity contribution is 6.31. The molecule has 1 amide bonds. The van der Waals surface area contributed by atoms with Crippen LogP contribution >= 0.6 is 11.6 Å². The molecule has 0 saturated carbocycles. The molecule has 3 aromatic carbocycles. The van der Waals surface area contributed by atoms with Crippen LogP contribution in [-0.2, 0) is 13.2 Å². The molecule has 0 radical (unpaired) electrons. The molecule has 1 aromatic heterocycles. The molecule has 1 N–H and O–H groups in total. The van der Waals surface area contributed by atoms with Gasteiger partial charge in [-0.3, -0.25) is 9.59 Å². The second kappa shape index (κ2) is 11.1. The molecule has 0 atom stereocenters. The molecule has 0 bridgehead atoms. The van der Waals surface area contributed by atoms with Crippen molar-refractivity contribution in [3.8, 4) is 11.5 Å². The summed E-state index contributed by atoms with van der Waals surface area (Å²) in [6.07, 6.45) is 0.741. The largest absolute Gasteiger partial charge is 0.493 e. The predicted molar refractivity (Wildman–Crippen MR) is 136 cm³/mol. The van der Waals surface area contributed by atoms with E-state index in [2.05, 4.69) is 9.97 Å². The fourth-order valence-electron chi connectivity index (χ4n) is 3.78. The molecular formula is C27H26ClN3O4. The number of benzene rings is 3. The number of halogens is 1. The summed E-state index contributed by atoms with van der Waals surface area (Å²) < 4.78 is 11.4. The molecule has 7 nitrogen and oxygen atoms in total. The summed E-state index contributed by atoms with van der Waals surface area (Å²) in [6, 6.07) is 19.8. The van der Waals surface area contributed by atoms with Gasteiger partial charge in [0, 0.05) is 17.1 Å². The van der Waals surface area contributed by atoms with Gasteiger partial charge in [-0.15, -0.1) is 0 Å². The minimum absolute atomic E-state index is 0.152. The minimum atomic E-state index is -0.271. The molecule has 0 fully saturated rings. The zero-order valence-electron chi connectivity index (χ0n) is 19.6. The number of carbonyl (C=O) groups excluding carboxylic acids is 1. The summed E-state index contributed by atoms with van der Waals surface area (Å²) in [4.78, 5) is 34.8. The Balaban J connectivity index is 1.55. The molecule has 180 valence electrons. The van der Waals surface area contributed by atoms with Gasteiger partial charge in [-0.25, -0.2) is 4.98 Å². The lowest BCUT2D eigenvalue weighted by Crippen LogP contribution is -2.32. The molecule has 0 unspecified atom stereocenters. The van der Waals surface area contributed by atoms with Crippen LogP contribution in [0, 0.1) is 0 Å². The first-order valence-electron chi connectivity index (χ1n) is 11.3. The molecule has 35 heavy (non-hydrogen) atoms. The van der Waals surface area contributed by atoms with E-state index in [1.54, 1.807) is 41.3 Å². The molecule has 0 spiro atoms. The SMILES string of the molecule is CCCN(Cc1nc2cc(Cl)ccc2c(=O)[nH]1)C(=O)c1ccc(OCc2ccccc2)c(OC)c1. The number of carbonyl (C=O) groups is 1. The number of hydrogen-bond acceptors (Lipinski definition) is 5. The van der Waals surface area contributed by atoms with Crippen molar-refractivity contribution in [1.82, 2.24) is 14.9 Å². The Kier molecular flexibility index (Phi) is 7.67. The Morgan fingerprint density at radius 1 is 1.06 bits per heavy atom. The summed E-state index contributed by atoms with van der Waals surface area (Å²) in [7, 11) is 1.54. The molecule has 0 aliphatic carbocycles. The molecule has 0 saturated heterocycles. The van der Waals surface area contributed by atoms with E-state index in [1.807, 2.05) is 37.3 Å². The Labute approximate surface area is 208 Å². The molecule has 0 aliphatic heterocycles. The highest BCUT2D eigenvalue weighted by atomic mass is 35.5. The number of aromatic amines is 1. The Morgan fingerprint density at radius 3 is 2.60 bits per heavy atom. The van der Waals surface area contributed by atoms with Crippen LogP contribution in [0.5, 0.6) is 11.5 Å². The van der Waals surface area contributed by atoms with Crippen molar-refractivity contribution < 1.29 is 14.3 Å². The van der Waals surface area contributed by atoms with E-state index in [4.69, 9.17) is 21.1 Å². The first-order chi connectivity index (χ1) is 17.0. The molecule has 1 heterocycles. The van der Waals surface area contributed by atoms with Crippen molar-refractivity contribution in [1.29, 1.82) is 0 Å². The van der Waals surface area contributed by atoms with E-state index < -0.39 is 0 Å². The molecule has 4 aromatic rings. The number of ether oxygens (including phenoxy) is 2. The van der Waals surface area contributed by atoms with Gasteiger partial charge < -0.3 is 19.4 Å². The zero-order chi connectivity index (χ0) is 24.8. The van der Waals surface area contributed by atoms with Crippen LogP contribution in [0.1, 0.15) is 35.1 Å². The van der Waals surface area contributed by atoms with E-state index in [9.17, 15) is 9.59 Å². The van der Waals surface area contributed by atoms with Crippen molar-refractivity contribution >= 4 is 28.4 Å². The van der Waals surface area contributed by atoms with Gasteiger partial charge in [-0.2, -0.15) is 0 Å². The lowest BCUT2D eigenvalue weighted by molar-refractivity contribution is 0.0738. The Morgan fingerprint density at radius 2 is 1.86 bits per heavy atom. The number of aromatic nitrogens is 2. The Bertz CT molecular complexity index is 1390. The maximum absolute atomic E-state index is 13.4. The molecule has 0 aliphatic rings. The third-order valence-electron chi connectivity index (χ3n) is 5.49. The third kappa shape index (κ3) is 5.81. The van der Waals surface area contributed by atoms with Crippen molar-refractivity contribution in [3.63, 3.8) is 0 Å². The van der Waals surface area contributed by atoms with Crippen LogP contribution in [0.2, 0.25) is 5.02 Å². The monoisotopic (exact) mass is 491 g/mol. The lowest BCUT2D eigenvalue weighted by atomic mass is 10.1. The maximum Gasteiger partial charge on any atom is 0.258 e. The molecule has 8 heteroatoms. The van der Waals surface area contributed by atoms with E-state index in [0.29, 0.717) is 52.0 Å². The van der Waals surface area contributed by atoms with Crippen molar-refractivity contribution in [2.75, 3.05) is 13.7 Å². The van der Waals surface area contributed by atoms with Gasteiger partial charge in [0.15, 0.2) is 11.5 Å². The van der Waals surface area contributed by atoms with E-state index in [0.717, 1.165) is 12.0 Å². The van der Waals surface area contributed by atoms with Crippen LogP contribution < -0.4 is 15.0 Å². The summed E-state index contributed by atoms with van der Waals surface area (Å²) in [5, 5.41) is 0.937. The third-order valence-corrected chi connectivity index (χ3v) is 5.72. The van der Waals surface area contributed by atoms with E-state index in [1.165, 1.54) is 7.11 Å². The minimum Gasteiger partial charge on any atom is -0.493 e. The maximum atomic E-state index is 13.4.